The maximum absolute atomic E-state index is 11.0. The predicted molar refractivity (Wildman–Crippen MR) is 98.1 cm³/mol. The number of hydrogen-bond donors (Lipinski definition) is 0. The van der Waals surface area contributed by atoms with E-state index in [1.807, 2.05) is 6.92 Å². The molecule has 0 aromatic heterocycles. The highest BCUT2D eigenvalue weighted by molar-refractivity contribution is 5.73. The maximum atomic E-state index is 11.0. The lowest BCUT2D eigenvalue weighted by Gasteiger charge is -2.35. The van der Waals surface area contributed by atoms with Gasteiger partial charge in [0.1, 0.15) is 11.9 Å². The summed E-state index contributed by atoms with van der Waals surface area (Å²) in [5.41, 5.74) is 5.14. The number of benzene rings is 2. The molecule has 5 nitrogen and oxygen atoms in total. The van der Waals surface area contributed by atoms with Crippen LogP contribution in [0.2, 0.25) is 0 Å². The number of hydrogen-bond acceptors (Lipinski definition) is 4. The van der Waals surface area contributed by atoms with E-state index in [1.165, 1.54) is 22.8 Å². The second kappa shape index (κ2) is 6.24. The van der Waals surface area contributed by atoms with Gasteiger partial charge in [-0.05, 0) is 42.5 Å². The molecule has 1 atom stereocenters. The normalized spacial score (nSPS) is 18.2. The fourth-order valence-corrected chi connectivity index (χ4v) is 3.69. The van der Waals surface area contributed by atoms with Crippen molar-refractivity contribution in [1.29, 1.82) is 0 Å². The van der Waals surface area contributed by atoms with E-state index in [0.29, 0.717) is 5.75 Å². The molecule has 25 heavy (non-hydrogen) atoms. The van der Waals surface area contributed by atoms with Gasteiger partial charge in [0.25, 0.3) is 5.69 Å². The van der Waals surface area contributed by atoms with Crippen LogP contribution in [0.3, 0.4) is 0 Å². The zero-order valence-corrected chi connectivity index (χ0v) is 14.1. The molecule has 5 heteroatoms. The molecule has 0 N–H and O–H groups in total. The molecule has 0 amide bonds. The average molecular weight is 336 g/mol. The first-order valence-electron chi connectivity index (χ1n) is 8.59. The zero-order chi connectivity index (χ0) is 17.4. The van der Waals surface area contributed by atoms with Crippen LogP contribution >= 0.6 is 0 Å². The fourth-order valence-electron chi connectivity index (χ4n) is 3.69. The first-order chi connectivity index (χ1) is 12.1. The van der Waals surface area contributed by atoms with Gasteiger partial charge in [0, 0.05) is 12.6 Å². The standard InChI is InChI=1S/C20H20N2O3/c1-14-13-21(19-9-8-17(22(23)24)12-20(19)25-14)11-10-16-7-6-15-4-2-3-5-18(15)16/h2-5,7-9,12,14H,6,10-11,13H2,1H3. The van der Waals surface area contributed by atoms with Crippen molar-refractivity contribution in [2.45, 2.75) is 25.9 Å². The Hall–Kier alpha value is -2.82. The third-order valence-corrected chi connectivity index (χ3v) is 4.88. The Labute approximate surface area is 146 Å². The molecule has 0 saturated carbocycles. The van der Waals surface area contributed by atoms with Gasteiger partial charge >= 0.3 is 0 Å². The van der Waals surface area contributed by atoms with Gasteiger partial charge in [-0.1, -0.05) is 30.3 Å². The summed E-state index contributed by atoms with van der Waals surface area (Å²) in [6.45, 7) is 3.66. The second-order valence-electron chi connectivity index (χ2n) is 6.62. The zero-order valence-electron chi connectivity index (χ0n) is 14.1. The van der Waals surface area contributed by atoms with Crippen LogP contribution in [0.1, 0.15) is 24.5 Å². The van der Waals surface area contributed by atoms with Gasteiger partial charge in [-0.3, -0.25) is 10.1 Å². The number of allylic oxidation sites excluding steroid dienone is 1. The monoisotopic (exact) mass is 336 g/mol. The number of fused-ring (bicyclic) bond motifs is 2. The van der Waals surface area contributed by atoms with Crippen LogP contribution in [0.25, 0.3) is 5.57 Å². The number of anilines is 1. The van der Waals surface area contributed by atoms with E-state index in [4.69, 9.17) is 4.74 Å². The highest BCUT2D eigenvalue weighted by atomic mass is 16.6. The lowest BCUT2D eigenvalue weighted by Crippen LogP contribution is -2.39. The van der Waals surface area contributed by atoms with Crippen molar-refractivity contribution in [3.63, 3.8) is 0 Å². The quantitative estimate of drug-likeness (QED) is 0.620. The molecule has 1 aliphatic carbocycles. The van der Waals surface area contributed by atoms with E-state index in [1.54, 1.807) is 12.1 Å². The molecule has 0 radical (unpaired) electrons. The minimum Gasteiger partial charge on any atom is -0.486 e. The summed E-state index contributed by atoms with van der Waals surface area (Å²) >= 11 is 0. The molecule has 1 heterocycles. The summed E-state index contributed by atoms with van der Waals surface area (Å²) in [6.07, 6.45) is 4.29. The van der Waals surface area contributed by atoms with Gasteiger partial charge in [0.2, 0.25) is 0 Å². The number of ether oxygens (including phenoxy) is 1. The molecule has 1 unspecified atom stereocenters. The smallest absolute Gasteiger partial charge is 0.273 e. The van der Waals surface area contributed by atoms with Crippen molar-refractivity contribution in [1.82, 2.24) is 0 Å². The van der Waals surface area contributed by atoms with Crippen LogP contribution in [0.5, 0.6) is 5.75 Å². The minimum atomic E-state index is -0.381. The summed E-state index contributed by atoms with van der Waals surface area (Å²) in [6, 6.07) is 13.4. The summed E-state index contributed by atoms with van der Waals surface area (Å²) < 4.78 is 5.82. The molecular weight excluding hydrogens is 316 g/mol. The Bertz CT molecular complexity index is 860. The van der Waals surface area contributed by atoms with Crippen LogP contribution < -0.4 is 9.64 Å². The Kier molecular flexibility index (Phi) is 3.92. The fraction of sp³-hybridized carbons (Fsp3) is 0.300. The van der Waals surface area contributed by atoms with E-state index >= 15 is 0 Å². The highest BCUT2D eigenvalue weighted by Gasteiger charge is 2.25. The molecule has 0 fully saturated rings. The number of nitro groups is 1. The van der Waals surface area contributed by atoms with Crippen molar-refractivity contribution in [2.75, 3.05) is 18.0 Å². The maximum Gasteiger partial charge on any atom is 0.273 e. The van der Waals surface area contributed by atoms with Crippen LogP contribution in [-0.4, -0.2) is 24.1 Å². The largest absolute Gasteiger partial charge is 0.486 e. The van der Waals surface area contributed by atoms with E-state index in [9.17, 15) is 10.1 Å². The predicted octanol–water partition coefficient (Wildman–Crippen LogP) is 4.21. The van der Waals surface area contributed by atoms with Crippen molar-refractivity contribution < 1.29 is 9.66 Å². The Morgan fingerprint density at radius 3 is 2.96 bits per heavy atom. The Balaban J connectivity index is 1.53. The van der Waals surface area contributed by atoms with Crippen molar-refractivity contribution in [3.8, 4) is 5.75 Å². The third kappa shape index (κ3) is 2.97. The van der Waals surface area contributed by atoms with Gasteiger partial charge < -0.3 is 9.64 Å². The topological polar surface area (TPSA) is 55.6 Å². The van der Waals surface area contributed by atoms with E-state index in [0.717, 1.165) is 31.6 Å². The lowest BCUT2D eigenvalue weighted by atomic mass is 10.0. The van der Waals surface area contributed by atoms with E-state index in [2.05, 4.69) is 35.2 Å². The van der Waals surface area contributed by atoms with Crippen molar-refractivity contribution >= 4 is 16.9 Å². The molecule has 1 aliphatic heterocycles. The van der Waals surface area contributed by atoms with Gasteiger partial charge in [-0.25, -0.2) is 0 Å². The number of non-ortho nitro benzene ring substituents is 1. The molecule has 2 aromatic rings. The first kappa shape index (κ1) is 15.7. The van der Waals surface area contributed by atoms with Crippen molar-refractivity contribution in [2.24, 2.45) is 0 Å². The van der Waals surface area contributed by atoms with Crippen LogP contribution in [0, 0.1) is 10.1 Å². The van der Waals surface area contributed by atoms with Crippen LogP contribution in [0.15, 0.2) is 48.5 Å². The Morgan fingerprint density at radius 2 is 2.12 bits per heavy atom. The highest BCUT2D eigenvalue weighted by Crippen LogP contribution is 2.37. The second-order valence-corrected chi connectivity index (χ2v) is 6.62. The molecule has 0 saturated heterocycles. The molecular formula is C20H20N2O3. The first-order valence-corrected chi connectivity index (χ1v) is 8.59. The van der Waals surface area contributed by atoms with Crippen LogP contribution in [-0.2, 0) is 6.42 Å². The van der Waals surface area contributed by atoms with Crippen molar-refractivity contribution in [3.05, 3.63) is 69.8 Å². The van der Waals surface area contributed by atoms with Gasteiger partial charge in [0.15, 0.2) is 0 Å². The number of nitrogens with zero attached hydrogens (tertiary/aromatic N) is 2. The molecule has 2 aromatic carbocycles. The lowest BCUT2D eigenvalue weighted by molar-refractivity contribution is -0.384. The minimum absolute atomic E-state index is 0.0133. The average Bonchev–Trinajstić information content (AvgIpc) is 3.02. The molecule has 4 rings (SSSR count). The van der Waals surface area contributed by atoms with E-state index in [-0.39, 0.29) is 16.7 Å². The summed E-state index contributed by atoms with van der Waals surface area (Å²) in [7, 11) is 0. The molecule has 128 valence electrons. The molecule has 0 bridgehead atoms. The summed E-state index contributed by atoms with van der Waals surface area (Å²) in [5.74, 6) is 0.605. The SMILES string of the molecule is CC1CN(CCC2=CCc3ccccc32)c2ccc([N+](=O)[O-])cc2O1. The van der Waals surface area contributed by atoms with Gasteiger partial charge in [-0.15, -0.1) is 0 Å². The van der Waals surface area contributed by atoms with Crippen LogP contribution in [0.4, 0.5) is 11.4 Å². The number of nitro benzene ring substituents is 1. The van der Waals surface area contributed by atoms with E-state index < -0.39 is 0 Å². The summed E-state index contributed by atoms with van der Waals surface area (Å²) in [4.78, 5) is 12.9. The number of rotatable bonds is 4. The third-order valence-electron chi connectivity index (χ3n) is 4.88. The summed E-state index contributed by atoms with van der Waals surface area (Å²) in [5, 5.41) is 11.0. The molecule has 0 spiro atoms. The molecule has 2 aliphatic rings. The Morgan fingerprint density at radius 1 is 1.28 bits per heavy atom. The van der Waals surface area contributed by atoms with Gasteiger partial charge in [0.05, 0.1) is 23.2 Å². The van der Waals surface area contributed by atoms with Gasteiger partial charge in [-0.2, -0.15) is 0 Å².